The molecule has 2 fully saturated rings. The van der Waals surface area contributed by atoms with E-state index in [1.54, 1.807) is 30.3 Å². The maximum atomic E-state index is 13.1. The van der Waals surface area contributed by atoms with E-state index in [2.05, 4.69) is 17.2 Å². The molecule has 8 nitrogen and oxygen atoms in total. The number of nitrogens with one attached hydrogen (secondary N) is 2. The lowest BCUT2D eigenvalue weighted by Crippen LogP contribution is -2.47. The Morgan fingerprint density at radius 3 is 2.29 bits per heavy atom. The van der Waals surface area contributed by atoms with E-state index in [4.69, 9.17) is 65.7 Å². The second kappa shape index (κ2) is 13.5. The van der Waals surface area contributed by atoms with Crippen LogP contribution >= 0.6 is 46.4 Å². The van der Waals surface area contributed by atoms with E-state index in [0.29, 0.717) is 50.7 Å². The van der Waals surface area contributed by atoms with Crippen LogP contribution in [0.3, 0.4) is 0 Å². The predicted octanol–water partition coefficient (Wildman–Crippen LogP) is 9.04. The van der Waals surface area contributed by atoms with Gasteiger partial charge in [0.25, 0.3) is 0 Å². The molecule has 12 heteroatoms. The summed E-state index contributed by atoms with van der Waals surface area (Å²) in [5.74, 6) is -2.90. The van der Waals surface area contributed by atoms with Crippen LogP contribution in [0.15, 0.2) is 49.1 Å². The Morgan fingerprint density at radius 1 is 1.05 bits per heavy atom. The molecule has 1 aliphatic carbocycles. The highest BCUT2D eigenvalue weighted by molar-refractivity contribution is 6.36. The first-order valence-corrected chi connectivity index (χ1v) is 14.8. The normalized spacial score (nSPS) is 26.4. The molecule has 1 heterocycles. The number of benzene rings is 2. The van der Waals surface area contributed by atoms with Gasteiger partial charge in [-0.15, -0.1) is 6.58 Å². The summed E-state index contributed by atoms with van der Waals surface area (Å²) in [5, 5.41) is 6.95. The third kappa shape index (κ3) is 8.08. The van der Waals surface area contributed by atoms with Crippen molar-refractivity contribution in [2.45, 2.75) is 70.1 Å². The Hall–Kier alpha value is -2.04. The Kier molecular flexibility index (Phi) is 10.5. The standard InChI is InChI=1S/C29H32Cl4N2O6/c1-4-6-18(5-2)28(3)39-29(41-40-28)15-17(12-26(36)34-24-13-19(30)7-9-22(24)32)11-21(16-29)38-27(37)35-25-14-20(31)8-10-23(25)33/h4,7-10,13-14,17-18,21H,1,5-6,11-12,15-16H2,2-3H3,(H,34,36)(H,35,37)/t17-,18?,21-,28?,29?/m0/s1. The summed E-state index contributed by atoms with van der Waals surface area (Å²) in [6, 6.07) is 9.52. The molecule has 222 valence electrons. The zero-order valence-corrected chi connectivity index (χ0v) is 25.7. The van der Waals surface area contributed by atoms with Crippen molar-refractivity contribution >= 4 is 69.8 Å². The number of hydrogen-bond acceptors (Lipinski definition) is 6. The first-order valence-electron chi connectivity index (χ1n) is 13.3. The highest BCUT2D eigenvalue weighted by Crippen LogP contribution is 2.49. The molecule has 0 bridgehead atoms. The smallest absolute Gasteiger partial charge is 0.411 e. The molecule has 0 radical (unpaired) electrons. The summed E-state index contributed by atoms with van der Waals surface area (Å²) in [4.78, 5) is 37.6. The van der Waals surface area contributed by atoms with Gasteiger partial charge in [0.05, 0.1) is 21.4 Å². The number of carbonyl (C=O) groups is 2. The number of anilines is 2. The van der Waals surface area contributed by atoms with Gasteiger partial charge in [0.15, 0.2) is 0 Å². The van der Waals surface area contributed by atoms with Crippen LogP contribution in [0.1, 0.15) is 52.4 Å². The van der Waals surface area contributed by atoms with Gasteiger partial charge in [-0.1, -0.05) is 59.4 Å². The Balaban J connectivity index is 1.51. The molecular formula is C29H32Cl4N2O6. The van der Waals surface area contributed by atoms with Crippen molar-refractivity contribution < 1.29 is 28.8 Å². The lowest BCUT2D eigenvalue weighted by molar-refractivity contribution is -0.363. The van der Waals surface area contributed by atoms with E-state index in [1.807, 2.05) is 19.9 Å². The number of allylic oxidation sites excluding steroid dienone is 1. The minimum Gasteiger partial charge on any atom is -0.446 e. The first-order chi connectivity index (χ1) is 19.4. The largest absolute Gasteiger partial charge is 0.446 e. The van der Waals surface area contributed by atoms with Gasteiger partial charge in [-0.05, 0) is 68.5 Å². The topological polar surface area (TPSA) is 95.1 Å². The van der Waals surface area contributed by atoms with Crippen molar-refractivity contribution in [2.24, 2.45) is 11.8 Å². The van der Waals surface area contributed by atoms with Crippen LogP contribution in [0.4, 0.5) is 16.2 Å². The molecule has 3 unspecified atom stereocenters. The average molecular weight is 646 g/mol. The van der Waals surface area contributed by atoms with Gasteiger partial charge in [-0.2, -0.15) is 9.78 Å². The first kappa shape index (κ1) is 31.9. The minimum atomic E-state index is -1.24. The van der Waals surface area contributed by atoms with E-state index in [0.717, 1.165) is 6.42 Å². The molecule has 2 N–H and O–H groups in total. The van der Waals surface area contributed by atoms with Crippen molar-refractivity contribution in [3.05, 3.63) is 69.1 Å². The zero-order valence-electron chi connectivity index (χ0n) is 22.7. The molecule has 1 saturated heterocycles. The van der Waals surface area contributed by atoms with Gasteiger partial charge in [0, 0.05) is 35.2 Å². The fourth-order valence-electron chi connectivity index (χ4n) is 5.41. The Morgan fingerprint density at radius 2 is 1.68 bits per heavy atom. The fourth-order valence-corrected chi connectivity index (χ4v) is 6.09. The van der Waals surface area contributed by atoms with Gasteiger partial charge in [0.1, 0.15) is 6.10 Å². The van der Waals surface area contributed by atoms with Crippen molar-refractivity contribution in [3.63, 3.8) is 0 Å². The summed E-state index contributed by atoms with van der Waals surface area (Å²) in [6.07, 6.45) is 2.82. The number of hydrogen-bond donors (Lipinski definition) is 2. The summed E-state index contributed by atoms with van der Waals surface area (Å²) < 4.78 is 12.3. The molecular weight excluding hydrogens is 614 g/mol. The van der Waals surface area contributed by atoms with Crippen molar-refractivity contribution in [1.29, 1.82) is 0 Å². The van der Waals surface area contributed by atoms with Crippen LogP contribution < -0.4 is 10.6 Å². The maximum absolute atomic E-state index is 13.1. The van der Waals surface area contributed by atoms with Crippen LogP contribution in [-0.4, -0.2) is 29.7 Å². The van der Waals surface area contributed by atoms with E-state index in [1.165, 1.54) is 6.07 Å². The van der Waals surface area contributed by atoms with E-state index in [9.17, 15) is 9.59 Å². The molecule has 1 saturated carbocycles. The summed E-state index contributed by atoms with van der Waals surface area (Å²) >= 11 is 24.5. The van der Waals surface area contributed by atoms with Crippen LogP contribution in [-0.2, 0) is 24.0 Å². The predicted molar refractivity (Wildman–Crippen MR) is 160 cm³/mol. The van der Waals surface area contributed by atoms with Crippen LogP contribution in [0.25, 0.3) is 0 Å². The van der Waals surface area contributed by atoms with Crippen LogP contribution in [0.5, 0.6) is 0 Å². The van der Waals surface area contributed by atoms with E-state index in [-0.39, 0.29) is 30.6 Å². The number of ether oxygens (including phenoxy) is 2. The van der Waals surface area contributed by atoms with Crippen molar-refractivity contribution in [2.75, 3.05) is 10.6 Å². The molecule has 41 heavy (non-hydrogen) atoms. The Labute approximate surface area is 259 Å². The molecule has 2 amide bonds. The molecule has 2 aromatic rings. The summed E-state index contributed by atoms with van der Waals surface area (Å²) in [5.41, 5.74) is 0.711. The highest BCUT2D eigenvalue weighted by atomic mass is 35.5. The van der Waals surface area contributed by atoms with E-state index >= 15 is 0 Å². The molecule has 1 aliphatic heterocycles. The minimum absolute atomic E-state index is 0.0272. The van der Waals surface area contributed by atoms with Gasteiger partial charge in [-0.25, -0.2) is 4.79 Å². The lowest BCUT2D eigenvalue weighted by Gasteiger charge is -2.39. The van der Waals surface area contributed by atoms with Gasteiger partial charge >= 0.3 is 6.09 Å². The molecule has 2 aliphatic rings. The number of rotatable bonds is 9. The maximum Gasteiger partial charge on any atom is 0.411 e. The SMILES string of the molecule is C=CCC(CC)C1(C)OOC2(C[C@H](CC(=O)Nc3cc(Cl)ccc3Cl)C[C@H](OC(=O)Nc3cc(Cl)ccc3Cl)C2)O1. The molecule has 0 aromatic heterocycles. The van der Waals surface area contributed by atoms with Gasteiger partial charge < -0.3 is 14.8 Å². The Bertz CT molecular complexity index is 1220. The molecule has 1 spiro atoms. The number of amides is 2. The zero-order chi connectivity index (χ0) is 29.8. The summed E-state index contributed by atoms with van der Waals surface area (Å²) in [6.45, 7) is 7.69. The number of halogens is 4. The second-order valence-electron chi connectivity index (χ2n) is 10.5. The third-order valence-electron chi connectivity index (χ3n) is 7.28. The quantitative estimate of drug-likeness (QED) is 0.209. The molecule has 5 atom stereocenters. The molecule has 4 rings (SSSR count). The van der Waals surface area contributed by atoms with Crippen molar-refractivity contribution in [1.82, 2.24) is 0 Å². The highest BCUT2D eigenvalue weighted by Gasteiger charge is 2.57. The van der Waals surface area contributed by atoms with Crippen LogP contribution in [0, 0.1) is 11.8 Å². The fraction of sp³-hybridized carbons (Fsp3) is 0.448. The molecule has 2 aromatic carbocycles. The average Bonchev–Trinajstić information content (AvgIpc) is 3.22. The second-order valence-corrected chi connectivity index (χ2v) is 12.2. The summed E-state index contributed by atoms with van der Waals surface area (Å²) in [7, 11) is 0. The van der Waals surface area contributed by atoms with Crippen molar-refractivity contribution in [3.8, 4) is 0 Å². The third-order valence-corrected chi connectivity index (χ3v) is 8.41. The lowest BCUT2D eigenvalue weighted by atomic mass is 9.80. The van der Waals surface area contributed by atoms with E-state index < -0.39 is 23.8 Å². The monoisotopic (exact) mass is 644 g/mol. The van der Waals surface area contributed by atoms with Gasteiger partial charge in [-0.3, -0.25) is 10.1 Å². The van der Waals surface area contributed by atoms with Gasteiger partial charge in [0.2, 0.25) is 17.5 Å². The van der Waals surface area contributed by atoms with Crippen LogP contribution in [0.2, 0.25) is 20.1 Å². The number of carbonyl (C=O) groups excluding carboxylic acids is 2.